The third-order valence-corrected chi connectivity index (χ3v) is 4.32. The summed E-state index contributed by atoms with van der Waals surface area (Å²) in [6.07, 6.45) is 0. The number of hydrogen-bond acceptors (Lipinski definition) is 5. The van der Waals surface area contributed by atoms with E-state index in [1.165, 1.54) is 11.9 Å². The summed E-state index contributed by atoms with van der Waals surface area (Å²) in [5.41, 5.74) is 1.68. The van der Waals surface area contributed by atoms with Crippen molar-refractivity contribution in [3.63, 3.8) is 0 Å². The highest BCUT2D eigenvalue weighted by Crippen LogP contribution is 2.32. The van der Waals surface area contributed by atoms with Crippen LogP contribution in [0.15, 0.2) is 30.0 Å². The number of rotatable bonds is 5. The molecule has 0 aliphatic carbocycles. The van der Waals surface area contributed by atoms with E-state index in [-0.39, 0.29) is 11.8 Å². The Kier molecular flexibility index (Phi) is 5.08. The van der Waals surface area contributed by atoms with E-state index in [2.05, 4.69) is 13.8 Å². The Morgan fingerprint density at radius 2 is 1.72 bits per heavy atom. The second-order valence-corrected chi connectivity index (χ2v) is 6.72. The lowest BCUT2D eigenvalue weighted by Gasteiger charge is -2.29. The average Bonchev–Trinajstić information content (AvgIpc) is 2.85. The zero-order valence-electron chi connectivity index (χ0n) is 14.9. The fourth-order valence-corrected chi connectivity index (χ4v) is 2.95. The molecule has 134 valence electrons. The fraction of sp³-hybridized carbons (Fsp3) is 0.474. The van der Waals surface area contributed by atoms with Crippen LogP contribution in [0, 0.1) is 5.92 Å². The number of benzene rings is 1. The van der Waals surface area contributed by atoms with E-state index >= 15 is 0 Å². The molecule has 0 bridgehead atoms. The Hall–Kier alpha value is -2.34. The summed E-state index contributed by atoms with van der Waals surface area (Å²) in [4.78, 5) is 28.3. The van der Waals surface area contributed by atoms with E-state index in [1.807, 2.05) is 29.2 Å². The van der Waals surface area contributed by atoms with Crippen LogP contribution in [0.1, 0.15) is 19.4 Å². The summed E-state index contributed by atoms with van der Waals surface area (Å²) in [5.74, 6) is 0.693. The maximum absolute atomic E-state index is 12.6. The van der Waals surface area contributed by atoms with Gasteiger partial charge in [0.1, 0.15) is 11.4 Å². The molecule has 2 aliphatic heterocycles. The minimum absolute atomic E-state index is 0.248. The molecule has 6 heteroatoms. The molecule has 0 atom stereocenters. The molecule has 1 aromatic carbocycles. The van der Waals surface area contributed by atoms with Gasteiger partial charge < -0.3 is 14.4 Å². The first-order valence-electron chi connectivity index (χ1n) is 8.61. The minimum Gasteiger partial charge on any atom is -0.493 e. The van der Waals surface area contributed by atoms with E-state index in [0.29, 0.717) is 50.1 Å². The zero-order chi connectivity index (χ0) is 18.0. The fourth-order valence-electron chi connectivity index (χ4n) is 2.95. The molecule has 0 radical (unpaired) electrons. The van der Waals surface area contributed by atoms with E-state index in [4.69, 9.17) is 9.47 Å². The normalized spacial score (nSPS) is 18.6. The highest BCUT2D eigenvalue weighted by Gasteiger charge is 2.39. The Morgan fingerprint density at radius 1 is 1.08 bits per heavy atom. The molecule has 1 fully saturated rings. The van der Waals surface area contributed by atoms with Gasteiger partial charge in [-0.3, -0.25) is 14.5 Å². The van der Waals surface area contributed by atoms with Crippen molar-refractivity contribution in [2.24, 2.45) is 5.92 Å². The first-order chi connectivity index (χ1) is 12.0. The predicted molar refractivity (Wildman–Crippen MR) is 93.9 cm³/mol. The molecule has 2 heterocycles. The van der Waals surface area contributed by atoms with Gasteiger partial charge >= 0.3 is 0 Å². The highest BCUT2D eigenvalue weighted by atomic mass is 16.5. The molecule has 0 spiro atoms. The number of amides is 2. The number of carbonyl (C=O) groups excluding carboxylic acids is 2. The maximum Gasteiger partial charge on any atom is 0.277 e. The molecular weight excluding hydrogens is 320 g/mol. The van der Waals surface area contributed by atoms with Crippen molar-refractivity contribution in [3.05, 3.63) is 35.5 Å². The van der Waals surface area contributed by atoms with Gasteiger partial charge in [0.25, 0.3) is 11.8 Å². The number of carbonyl (C=O) groups is 2. The highest BCUT2D eigenvalue weighted by molar-refractivity contribution is 6.35. The van der Waals surface area contributed by atoms with Crippen molar-refractivity contribution in [1.82, 2.24) is 9.80 Å². The molecule has 1 aromatic rings. The van der Waals surface area contributed by atoms with Crippen LogP contribution < -0.4 is 4.74 Å². The van der Waals surface area contributed by atoms with Crippen LogP contribution >= 0.6 is 0 Å². The molecule has 0 N–H and O–H groups in total. The Bertz CT molecular complexity index is 688. The first kappa shape index (κ1) is 17.5. The first-order valence-corrected chi connectivity index (χ1v) is 8.61. The predicted octanol–water partition coefficient (Wildman–Crippen LogP) is 1.76. The summed E-state index contributed by atoms with van der Waals surface area (Å²) in [6.45, 7) is 7.16. The van der Waals surface area contributed by atoms with Gasteiger partial charge in [0.2, 0.25) is 0 Å². The van der Waals surface area contributed by atoms with Gasteiger partial charge in [-0.1, -0.05) is 26.0 Å². The van der Waals surface area contributed by atoms with Gasteiger partial charge in [-0.25, -0.2) is 0 Å². The molecular formula is C19H24N2O4. The monoisotopic (exact) mass is 344 g/mol. The lowest BCUT2D eigenvalue weighted by atomic mass is 10.0. The molecule has 0 aromatic heterocycles. The summed E-state index contributed by atoms with van der Waals surface area (Å²) in [7, 11) is 1.53. The number of hydrogen-bond donors (Lipinski definition) is 0. The number of ether oxygens (including phenoxy) is 2. The van der Waals surface area contributed by atoms with Crippen LogP contribution in [0.25, 0.3) is 5.57 Å². The quantitative estimate of drug-likeness (QED) is 0.762. The van der Waals surface area contributed by atoms with E-state index in [0.717, 1.165) is 11.3 Å². The standard InChI is InChI=1S/C19H24N2O4/c1-13(2)12-25-15-6-4-14(5-7-15)16-17(19(23)20(3)18(16)22)21-8-10-24-11-9-21/h4-7,13H,8-12H2,1-3H3. The third-order valence-electron chi connectivity index (χ3n) is 4.32. The Morgan fingerprint density at radius 3 is 2.32 bits per heavy atom. The zero-order valence-corrected chi connectivity index (χ0v) is 14.9. The van der Waals surface area contributed by atoms with Crippen molar-refractivity contribution >= 4 is 17.4 Å². The molecule has 0 saturated carbocycles. The lowest BCUT2D eigenvalue weighted by molar-refractivity contribution is -0.136. The minimum atomic E-state index is -0.262. The summed E-state index contributed by atoms with van der Waals surface area (Å²) < 4.78 is 11.1. The van der Waals surface area contributed by atoms with Crippen LogP contribution in [0.5, 0.6) is 5.75 Å². The number of nitrogens with zero attached hydrogens (tertiary/aromatic N) is 2. The molecule has 2 amide bonds. The van der Waals surface area contributed by atoms with Gasteiger partial charge in [-0.2, -0.15) is 0 Å². The number of morpholine rings is 1. The van der Waals surface area contributed by atoms with Crippen LogP contribution in [0.2, 0.25) is 0 Å². The second-order valence-electron chi connectivity index (χ2n) is 6.72. The van der Waals surface area contributed by atoms with E-state index < -0.39 is 0 Å². The Labute approximate surface area is 148 Å². The van der Waals surface area contributed by atoms with Crippen LogP contribution in [-0.4, -0.2) is 61.6 Å². The van der Waals surface area contributed by atoms with Gasteiger partial charge in [-0.05, 0) is 23.6 Å². The second kappa shape index (κ2) is 7.27. The molecule has 1 saturated heterocycles. The molecule has 2 aliphatic rings. The SMILES string of the molecule is CC(C)COc1ccc(C2=C(N3CCOCC3)C(=O)N(C)C2=O)cc1. The molecule has 0 unspecified atom stereocenters. The summed E-state index contributed by atoms with van der Waals surface area (Å²) >= 11 is 0. The summed E-state index contributed by atoms with van der Waals surface area (Å²) in [5, 5.41) is 0. The average molecular weight is 344 g/mol. The summed E-state index contributed by atoms with van der Waals surface area (Å²) in [6, 6.07) is 7.38. The van der Waals surface area contributed by atoms with E-state index in [9.17, 15) is 9.59 Å². The van der Waals surface area contributed by atoms with Crippen molar-refractivity contribution in [3.8, 4) is 5.75 Å². The molecule has 25 heavy (non-hydrogen) atoms. The smallest absolute Gasteiger partial charge is 0.277 e. The van der Waals surface area contributed by atoms with Crippen LogP contribution in [-0.2, 0) is 14.3 Å². The molecule has 6 nitrogen and oxygen atoms in total. The van der Waals surface area contributed by atoms with Gasteiger partial charge in [0.05, 0.1) is 25.4 Å². The van der Waals surface area contributed by atoms with Crippen molar-refractivity contribution in [2.75, 3.05) is 40.0 Å². The van der Waals surface area contributed by atoms with Gasteiger partial charge in [-0.15, -0.1) is 0 Å². The third kappa shape index (κ3) is 3.54. The van der Waals surface area contributed by atoms with Gasteiger partial charge in [0, 0.05) is 20.1 Å². The van der Waals surface area contributed by atoms with Gasteiger partial charge in [0.15, 0.2) is 0 Å². The topological polar surface area (TPSA) is 59.1 Å². The van der Waals surface area contributed by atoms with Crippen LogP contribution in [0.4, 0.5) is 0 Å². The number of likely N-dealkylation sites (N-methyl/N-ethyl adjacent to an activating group) is 1. The van der Waals surface area contributed by atoms with Crippen molar-refractivity contribution < 1.29 is 19.1 Å². The van der Waals surface area contributed by atoms with Crippen molar-refractivity contribution in [2.45, 2.75) is 13.8 Å². The lowest BCUT2D eigenvalue weighted by Crippen LogP contribution is -2.39. The van der Waals surface area contributed by atoms with Crippen molar-refractivity contribution in [1.29, 1.82) is 0 Å². The number of imide groups is 1. The molecule has 3 rings (SSSR count). The maximum atomic E-state index is 12.6. The van der Waals surface area contributed by atoms with E-state index in [1.54, 1.807) is 0 Å². The Balaban J connectivity index is 1.91. The van der Waals surface area contributed by atoms with Crippen LogP contribution in [0.3, 0.4) is 0 Å². The largest absolute Gasteiger partial charge is 0.493 e.